The van der Waals surface area contributed by atoms with Crippen LogP contribution in [0.5, 0.6) is 0 Å². The molecule has 1 amide bonds. The highest BCUT2D eigenvalue weighted by Gasteiger charge is 2.24. The van der Waals surface area contributed by atoms with E-state index in [-0.39, 0.29) is 11.1 Å². The van der Waals surface area contributed by atoms with Crippen LogP contribution >= 0.6 is 23.4 Å². The van der Waals surface area contributed by atoms with Gasteiger partial charge < -0.3 is 5.21 Å². The summed E-state index contributed by atoms with van der Waals surface area (Å²) in [6.07, 6.45) is 1.65. The van der Waals surface area contributed by atoms with Crippen LogP contribution < -0.4 is 5.32 Å². The maximum absolute atomic E-state index is 11.4. The highest BCUT2D eigenvalue weighted by Crippen LogP contribution is 2.27. The highest BCUT2D eigenvalue weighted by atomic mass is 35.5. The first-order valence-corrected chi connectivity index (χ1v) is 5.57. The lowest BCUT2D eigenvalue weighted by atomic mass is 10.2. The minimum atomic E-state index is -0.294. The number of carbonyl (C=O) groups is 1. The predicted molar refractivity (Wildman–Crippen MR) is 64.4 cm³/mol. The highest BCUT2D eigenvalue weighted by molar-refractivity contribution is 8.18. The Morgan fingerprint density at radius 2 is 2.19 bits per heavy atom. The molecule has 1 saturated heterocycles. The second kappa shape index (κ2) is 4.59. The average molecular weight is 255 g/mol. The first-order chi connectivity index (χ1) is 7.70. The lowest BCUT2D eigenvalue weighted by molar-refractivity contribution is -0.115. The van der Waals surface area contributed by atoms with E-state index < -0.39 is 0 Å². The van der Waals surface area contributed by atoms with E-state index in [1.165, 1.54) is 0 Å². The summed E-state index contributed by atoms with van der Waals surface area (Å²) in [5.74, 6) is -0.294. The van der Waals surface area contributed by atoms with E-state index in [0.717, 1.165) is 17.3 Å². The summed E-state index contributed by atoms with van der Waals surface area (Å²) in [6.45, 7) is 0. The van der Waals surface area contributed by atoms with Crippen LogP contribution in [0.25, 0.3) is 6.08 Å². The minimum absolute atomic E-state index is 0.170. The molecule has 0 spiro atoms. The molecule has 2 N–H and O–H groups in total. The van der Waals surface area contributed by atoms with Gasteiger partial charge in [-0.1, -0.05) is 35.0 Å². The van der Waals surface area contributed by atoms with E-state index in [2.05, 4.69) is 10.5 Å². The Balaban J connectivity index is 2.33. The molecular weight excluding hydrogens is 248 g/mol. The second-order valence-corrected chi connectivity index (χ2v) is 4.43. The molecule has 0 atom stereocenters. The number of nitrogens with one attached hydrogen (secondary N) is 1. The third-order valence-electron chi connectivity index (χ3n) is 1.93. The van der Waals surface area contributed by atoms with Gasteiger partial charge in [-0.05, 0) is 29.5 Å². The number of oxime groups is 1. The largest absolute Gasteiger partial charge is 0.409 e. The zero-order valence-corrected chi connectivity index (χ0v) is 9.55. The molecule has 0 saturated carbocycles. The molecule has 2 rings (SSSR count). The summed E-state index contributed by atoms with van der Waals surface area (Å²) in [5, 5.41) is 14.6. The fraction of sp³-hybridized carbons (Fsp3) is 0. The monoisotopic (exact) mass is 254 g/mol. The van der Waals surface area contributed by atoms with Gasteiger partial charge in [0.1, 0.15) is 0 Å². The summed E-state index contributed by atoms with van der Waals surface area (Å²) in [6, 6.07) is 7.19. The van der Waals surface area contributed by atoms with Gasteiger partial charge in [-0.2, -0.15) is 0 Å². The van der Waals surface area contributed by atoms with Crippen molar-refractivity contribution in [2.45, 2.75) is 0 Å². The fourth-order valence-electron chi connectivity index (χ4n) is 1.21. The van der Waals surface area contributed by atoms with Crippen LogP contribution in [0.2, 0.25) is 5.02 Å². The van der Waals surface area contributed by atoms with Crippen LogP contribution in [0, 0.1) is 0 Å². The minimum Gasteiger partial charge on any atom is -0.409 e. The smallest absolute Gasteiger partial charge is 0.264 e. The van der Waals surface area contributed by atoms with E-state index >= 15 is 0 Å². The van der Waals surface area contributed by atoms with Crippen molar-refractivity contribution in [1.29, 1.82) is 0 Å². The molecule has 0 radical (unpaired) electrons. The van der Waals surface area contributed by atoms with E-state index in [0.29, 0.717) is 9.93 Å². The topological polar surface area (TPSA) is 61.7 Å². The van der Waals surface area contributed by atoms with Crippen molar-refractivity contribution in [3.05, 3.63) is 39.8 Å². The third-order valence-corrected chi connectivity index (χ3v) is 3.18. The molecule has 4 nitrogen and oxygen atoms in total. The van der Waals surface area contributed by atoms with Crippen LogP contribution in [-0.2, 0) is 4.79 Å². The molecular formula is C10H7ClN2O2S. The summed E-state index contributed by atoms with van der Waals surface area (Å²) < 4.78 is 0. The molecule has 16 heavy (non-hydrogen) atoms. The zero-order chi connectivity index (χ0) is 11.5. The quantitative estimate of drug-likeness (QED) is 0.459. The Morgan fingerprint density at radius 1 is 1.44 bits per heavy atom. The molecule has 1 fully saturated rings. The molecule has 1 aliphatic rings. The third kappa shape index (κ3) is 2.20. The van der Waals surface area contributed by atoms with Gasteiger partial charge in [0.15, 0.2) is 0 Å². The molecule has 1 aliphatic heterocycles. The van der Waals surface area contributed by atoms with E-state index in [9.17, 15) is 4.79 Å². The summed E-state index contributed by atoms with van der Waals surface area (Å²) >= 11 is 7.02. The van der Waals surface area contributed by atoms with Crippen molar-refractivity contribution in [3.8, 4) is 0 Å². The number of nitrogens with zero attached hydrogens (tertiary/aromatic N) is 1. The SMILES string of the molecule is O=C1N/C(=N\O)SC1=Cc1ccccc1Cl. The summed E-state index contributed by atoms with van der Waals surface area (Å²) in [4.78, 5) is 11.9. The zero-order valence-electron chi connectivity index (χ0n) is 7.98. The van der Waals surface area contributed by atoms with Gasteiger partial charge in [-0.3, -0.25) is 10.1 Å². The van der Waals surface area contributed by atoms with Crippen LogP contribution in [0.3, 0.4) is 0 Å². The molecule has 1 aromatic rings. The molecule has 1 aromatic carbocycles. The Morgan fingerprint density at radius 3 is 2.81 bits per heavy atom. The molecule has 0 bridgehead atoms. The molecule has 0 unspecified atom stereocenters. The number of carbonyl (C=O) groups excluding carboxylic acids is 1. The van der Waals surface area contributed by atoms with E-state index in [4.69, 9.17) is 16.8 Å². The van der Waals surface area contributed by atoms with Crippen molar-refractivity contribution >= 4 is 40.5 Å². The van der Waals surface area contributed by atoms with Gasteiger partial charge in [0.25, 0.3) is 5.91 Å². The number of benzene rings is 1. The van der Waals surface area contributed by atoms with Gasteiger partial charge >= 0.3 is 0 Å². The number of amidine groups is 1. The first-order valence-electron chi connectivity index (χ1n) is 4.38. The van der Waals surface area contributed by atoms with Crippen molar-refractivity contribution in [3.63, 3.8) is 0 Å². The second-order valence-electron chi connectivity index (χ2n) is 2.99. The van der Waals surface area contributed by atoms with Crippen molar-refractivity contribution in [2.75, 3.05) is 0 Å². The van der Waals surface area contributed by atoms with Crippen molar-refractivity contribution in [1.82, 2.24) is 5.32 Å². The average Bonchev–Trinajstić information content (AvgIpc) is 2.63. The maximum Gasteiger partial charge on any atom is 0.264 e. The van der Waals surface area contributed by atoms with Crippen molar-refractivity contribution < 1.29 is 10.0 Å². The van der Waals surface area contributed by atoms with Crippen LogP contribution in [0.15, 0.2) is 34.3 Å². The predicted octanol–water partition coefficient (Wildman–Crippen LogP) is 2.29. The lowest BCUT2D eigenvalue weighted by Gasteiger charge is -1.97. The molecule has 1 heterocycles. The van der Waals surface area contributed by atoms with E-state index in [1.54, 1.807) is 18.2 Å². The molecule has 0 aromatic heterocycles. The molecule has 82 valence electrons. The van der Waals surface area contributed by atoms with Crippen LogP contribution in [0.4, 0.5) is 0 Å². The summed E-state index contributed by atoms with van der Waals surface area (Å²) in [7, 11) is 0. The number of halogens is 1. The Labute approximate surface area is 101 Å². The van der Waals surface area contributed by atoms with Gasteiger partial charge in [0, 0.05) is 5.02 Å². The van der Waals surface area contributed by atoms with Gasteiger partial charge in [-0.25, -0.2) is 0 Å². The number of rotatable bonds is 1. The Kier molecular flexibility index (Phi) is 3.17. The van der Waals surface area contributed by atoms with Gasteiger partial charge in [0.2, 0.25) is 5.17 Å². The van der Waals surface area contributed by atoms with Gasteiger partial charge in [0.05, 0.1) is 4.91 Å². The number of hydrogen-bond acceptors (Lipinski definition) is 4. The van der Waals surface area contributed by atoms with Crippen molar-refractivity contribution in [2.24, 2.45) is 5.16 Å². The first kappa shape index (κ1) is 11.0. The lowest BCUT2D eigenvalue weighted by Crippen LogP contribution is -2.19. The van der Waals surface area contributed by atoms with E-state index in [1.807, 2.05) is 12.1 Å². The molecule has 6 heteroatoms. The summed E-state index contributed by atoms with van der Waals surface area (Å²) in [5.41, 5.74) is 0.751. The number of hydrogen-bond donors (Lipinski definition) is 2. The number of amides is 1. The Hall–Kier alpha value is -1.46. The van der Waals surface area contributed by atoms with Gasteiger partial charge in [-0.15, -0.1) is 0 Å². The number of thioether (sulfide) groups is 1. The van der Waals surface area contributed by atoms with Crippen LogP contribution in [0.1, 0.15) is 5.56 Å². The molecule has 0 aliphatic carbocycles. The van der Waals surface area contributed by atoms with Crippen LogP contribution in [-0.4, -0.2) is 16.3 Å². The Bertz CT molecular complexity index is 499. The fourth-order valence-corrected chi connectivity index (χ4v) is 2.12. The standard InChI is InChI=1S/C10H7ClN2O2S/c11-7-4-2-1-3-6(7)5-8-9(14)12-10(13-15)16-8/h1-5,15H,(H,12,13,14). The maximum atomic E-state index is 11.4. The normalized spacial score (nSPS) is 20.4.